The number of rotatable bonds is 3. The molecule has 5 nitrogen and oxygen atoms in total. The molecule has 0 aromatic heterocycles. The number of hydrogen-bond acceptors (Lipinski definition) is 5. The van der Waals surface area contributed by atoms with Gasteiger partial charge < -0.3 is 5.11 Å². The molecule has 1 N–H and O–H groups in total. The lowest BCUT2D eigenvalue weighted by Gasteiger charge is -2.28. The Hall–Kier alpha value is -1.11. The Labute approximate surface area is 104 Å². The first-order valence-corrected chi connectivity index (χ1v) is 6.28. The Kier molecular flexibility index (Phi) is 3.98. The van der Waals surface area contributed by atoms with E-state index < -0.39 is 0 Å². The lowest BCUT2D eigenvalue weighted by Crippen LogP contribution is -2.30. The predicted octanol–water partition coefficient (Wildman–Crippen LogP) is 2.06. The topological polar surface area (TPSA) is 66.6 Å². The summed E-state index contributed by atoms with van der Waals surface area (Å²) in [6.45, 7) is 1.63. The van der Waals surface area contributed by atoms with E-state index in [4.69, 9.17) is 0 Å². The molecule has 0 saturated carbocycles. The molecule has 0 spiro atoms. The number of non-ortho nitro benzene ring substituents is 1. The largest absolute Gasteiger partial charge is 0.393 e. The average molecular weight is 254 g/mol. The SMILES string of the molecule is O=[N+]([O-])c1cccc(SN2CCC(O)CC2)c1. The molecule has 1 saturated heterocycles. The number of aliphatic hydroxyl groups is 1. The number of hydrogen-bond donors (Lipinski definition) is 1. The molecule has 0 bridgehead atoms. The second-order valence-electron chi connectivity index (χ2n) is 4.01. The molecule has 2 rings (SSSR count). The van der Waals surface area contributed by atoms with Crippen molar-refractivity contribution in [1.29, 1.82) is 0 Å². The van der Waals surface area contributed by atoms with E-state index in [9.17, 15) is 15.2 Å². The maximum atomic E-state index is 10.6. The first kappa shape index (κ1) is 12.3. The molecule has 0 amide bonds. The number of nitro benzene ring substituents is 1. The Morgan fingerprint density at radius 1 is 1.41 bits per heavy atom. The van der Waals surface area contributed by atoms with Gasteiger partial charge in [-0.15, -0.1) is 0 Å². The summed E-state index contributed by atoms with van der Waals surface area (Å²) in [6.07, 6.45) is 1.33. The zero-order valence-electron chi connectivity index (χ0n) is 9.28. The van der Waals surface area contributed by atoms with E-state index in [-0.39, 0.29) is 16.7 Å². The van der Waals surface area contributed by atoms with Gasteiger partial charge >= 0.3 is 0 Å². The summed E-state index contributed by atoms with van der Waals surface area (Å²) < 4.78 is 2.13. The number of nitro groups is 1. The zero-order chi connectivity index (χ0) is 12.3. The molecular weight excluding hydrogens is 240 g/mol. The van der Waals surface area contributed by atoms with E-state index in [1.54, 1.807) is 12.1 Å². The van der Waals surface area contributed by atoms with Crippen LogP contribution in [0.15, 0.2) is 29.2 Å². The maximum Gasteiger partial charge on any atom is 0.270 e. The summed E-state index contributed by atoms with van der Waals surface area (Å²) in [5, 5.41) is 20.0. The fraction of sp³-hybridized carbons (Fsp3) is 0.455. The molecular formula is C11H14N2O3S. The highest BCUT2D eigenvalue weighted by Gasteiger charge is 2.18. The van der Waals surface area contributed by atoms with E-state index in [2.05, 4.69) is 4.31 Å². The van der Waals surface area contributed by atoms with Crippen molar-refractivity contribution in [3.05, 3.63) is 34.4 Å². The highest BCUT2D eigenvalue weighted by molar-refractivity contribution is 7.97. The molecule has 6 heteroatoms. The summed E-state index contributed by atoms with van der Waals surface area (Å²) in [7, 11) is 0. The monoisotopic (exact) mass is 254 g/mol. The van der Waals surface area contributed by atoms with Crippen LogP contribution in [0.1, 0.15) is 12.8 Å². The van der Waals surface area contributed by atoms with Crippen LogP contribution in [0.5, 0.6) is 0 Å². The molecule has 1 aromatic rings. The molecule has 1 aliphatic heterocycles. The third-order valence-corrected chi connectivity index (χ3v) is 3.77. The van der Waals surface area contributed by atoms with Crippen molar-refractivity contribution < 1.29 is 10.0 Å². The molecule has 1 aromatic carbocycles. The Morgan fingerprint density at radius 2 is 2.12 bits per heavy atom. The normalized spacial score (nSPS) is 18.2. The number of piperidine rings is 1. The Balaban J connectivity index is 1.98. The molecule has 17 heavy (non-hydrogen) atoms. The predicted molar refractivity (Wildman–Crippen MR) is 65.8 cm³/mol. The van der Waals surface area contributed by atoms with Crippen molar-refractivity contribution in [3.8, 4) is 0 Å². The average Bonchev–Trinajstić information content (AvgIpc) is 2.32. The third-order valence-electron chi connectivity index (χ3n) is 2.69. The van der Waals surface area contributed by atoms with E-state index in [0.29, 0.717) is 0 Å². The fourth-order valence-electron chi connectivity index (χ4n) is 1.74. The summed E-state index contributed by atoms with van der Waals surface area (Å²) in [4.78, 5) is 11.1. The fourth-order valence-corrected chi connectivity index (χ4v) is 2.74. The van der Waals surface area contributed by atoms with Gasteiger partial charge in [0, 0.05) is 30.1 Å². The summed E-state index contributed by atoms with van der Waals surface area (Å²) >= 11 is 1.52. The van der Waals surface area contributed by atoms with Crippen LogP contribution in [-0.4, -0.2) is 33.5 Å². The van der Waals surface area contributed by atoms with Crippen LogP contribution in [0.4, 0.5) is 5.69 Å². The molecule has 1 heterocycles. The third kappa shape index (κ3) is 3.42. The smallest absolute Gasteiger partial charge is 0.270 e. The lowest BCUT2D eigenvalue weighted by atomic mass is 10.1. The van der Waals surface area contributed by atoms with Crippen LogP contribution >= 0.6 is 11.9 Å². The highest BCUT2D eigenvalue weighted by atomic mass is 32.2. The first-order chi connectivity index (χ1) is 8.15. The number of benzene rings is 1. The first-order valence-electron chi connectivity index (χ1n) is 5.50. The molecule has 0 radical (unpaired) electrons. The van der Waals surface area contributed by atoms with Crippen LogP contribution in [0.2, 0.25) is 0 Å². The molecule has 0 unspecified atom stereocenters. The van der Waals surface area contributed by atoms with E-state index in [1.807, 2.05) is 6.07 Å². The van der Waals surface area contributed by atoms with Crippen LogP contribution in [0.25, 0.3) is 0 Å². The van der Waals surface area contributed by atoms with Crippen LogP contribution in [-0.2, 0) is 0 Å². The second kappa shape index (κ2) is 5.48. The van der Waals surface area contributed by atoms with Crippen molar-refractivity contribution in [2.45, 2.75) is 23.8 Å². The summed E-state index contributed by atoms with van der Waals surface area (Å²) in [5.41, 5.74) is 0.118. The van der Waals surface area contributed by atoms with Crippen molar-refractivity contribution >= 4 is 17.6 Å². The minimum Gasteiger partial charge on any atom is -0.393 e. The lowest BCUT2D eigenvalue weighted by molar-refractivity contribution is -0.385. The summed E-state index contributed by atoms with van der Waals surface area (Å²) in [6, 6.07) is 6.63. The van der Waals surface area contributed by atoms with E-state index in [1.165, 1.54) is 18.0 Å². The molecule has 1 fully saturated rings. The van der Waals surface area contributed by atoms with Crippen molar-refractivity contribution in [2.24, 2.45) is 0 Å². The Morgan fingerprint density at radius 3 is 2.76 bits per heavy atom. The van der Waals surface area contributed by atoms with Crippen molar-refractivity contribution in [1.82, 2.24) is 4.31 Å². The van der Waals surface area contributed by atoms with Gasteiger partial charge in [-0.3, -0.25) is 10.1 Å². The zero-order valence-corrected chi connectivity index (χ0v) is 10.1. The van der Waals surface area contributed by atoms with Crippen LogP contribution < -0.4 is 0 Å². The maximum absolute atomic E-state index is 10.6. The van der Waals surface area contributed by atoms with Gasteiger partial charge in [-0.1, -0.05) is 6.07 Å². The van der Waals surface area contributed by atoms with Gasteiger partial charge in [0.1, 0.15) is 0 Å². The quantitative estimate of drug-likeness (QED) is 0.508. The molecule has 0 atom stereocenters. The minimum atomic E-state index is -0.385. The van der Waals surface area contributed by atoms with Gasteiger partial charge in [0.15, 0.2) is 0 Å². The van der Waals surface area contributed by atoms with Gasteiger partial charge in [0.2, 0.25) is 0 Å². The van der Waals surface area contributed by atoms with Gasteiger partial charge in [-0.25, -0.2) is 4.31 Å². The van der Waals surface area contributed by atoms with Gasteiger partial charge in [0.05, 0.1) is 11.0 Å². The molecule has 1 aliphatic rings. The van der Waals surface area contributed by atoms with E-state index >= 15 is 0 Å². The van der Waals surface area contributed by atoms with E-state index in [0.717, 1.165) is 30.8 Å². The van der Waals surface area contributed by atoms with Crippen molar-refractivity contribution in [2.75, 3.05) is 13.1 Å². The standard InChI is InChI=1S/C11H14N2O3S/c14-10-4-6-12(7-5-10)17-11-3-1-2-9(8-11)13(15)16/h1-3,8,10,14H,4-7H2. The van der Waals surface area contributed by atoms with Gasteiger partial charge in [-0.05, 0) is 30.9 Å². The highest BCUT2D eigenvalue weighted by Crippen LogP contribution is 2.28. The Bertz CT molecular complexity index is 405. The number of nitrogens with zero attached hydrogens (tertiary/aromatic N) is 2. The minimum absolute atomic E-state index is 0.118. The van der Waals surface area contributed by atoms with Gasteiger partial charge in [-0.2, -0.15) is 0 Å². The van der Waals surface area contributed by atoms with Gasteiger partial charge in [0.25, 0.3) is 5.69 Å². The second-order valence-corrected chi connectivity index (χ2v) is 5.18. The van der Waals surface area contributed by atoms with Crippen LogP contribution in [0.3, 0.4) is 0 Å². The summed E-state index contributed by atoms with van der Waals surface area (Å²) in [5.74, 6) is 0. The van der Waals surface area contributed by atoms with Crippen LogP contribution in [0, 0.1) is 10.1 Å². The molecule has 0 aliphatic carbocycles. The molecule has 92 valence electrons. The van der Waals surface area contributed by atoms with Crippen molar-refractivity contribution in [3.63, 3.8) is 0 Å². The number of aliphatic hydroxyl groups excluding tert-OH is 1.